The average Bonchev–Trinajstić information content (AvgIpc) is 2.68. The van der Waals surface area contributed by atoms with Gasteiger partial charge in [-0.25, -0.2) is 9.78 Å². The largest absolute Gasteiger partial charge is 0.465 e. The number of ether oxygens (including phenoxy) is 1. The summed E-state index contributed by atoms with van der Waals surface area (Å²) in [4.78, 5) is 20.9. The fourth-order valence-corrected chi connectivity index (χ4v) is 2.73. The van der Waals surface area contributed by atoms with Crippen LogP contribution in [0.2, 0.25) is 0 Å². The standard InChI is InChI=1S/C21H22N4O2/c1-14-13-19(24-18-12-8-7-11-17(18)20(26)27-3)25-21(22-14)23-15(2)16-9-5-4-6-10-16/h4-13,15H,1-3H3,(H2,22,23,24,25). The Morgan fingerprint density at radius 1 is 1.04 bits per heavy atom. The van der Waals surface area contributed by atoms with Gasteiger partial charge in [-0.1, -0.05) is 42.5 Å². The molecule has 0 aliphatic carbocycles. The number of aromatic nitrogens is 2. The monoisotopic (exact) mass is 362 g/mol. The Hall–Kier alpha value is -3.41. The molecule has 0 fully saturated rings. The highest BCUT2D eigenvalue weighted by Crippen LogP contribution is 2.23. The summed E-state index contributed by atoms with van der Waals surface area (Å²) in [5.74, 6) is 0.714. The molecule has 0 aliphatic heterocycles. The van der Waals surface area contributed by atoms with Crippen molar-refractivity contribution >= 4 is 23.4 Å². The van der Waals surface area contributed by atoms with Crippen molar-refractivity contribution in [1.82, 2.24) is 9.97 Å². The number of hydrogen-bond acceptors (Lipinski definition) is 6. The minimum Gasteiger partial charge on any atom is -0.465 e. The van der Waals surface area contributed by atoms with Crippen molar-refractivity contribution in [2.24, 2.45) is 0 Å². The maximum absolute atomic E-state index is 12.0. The summed E-state index contributed by atoms with van der Waals surface area (Å²) in [6, 6.07) is 19.1. The molecule has 6 nitrogen and oxygen atoms in total. The van der Waals surface area contributed by atoms with Crippen molar-refractivity contribution < 1.29 is 9.53 Å². The number of benzene rings is 2. The fraction of sp³-hybridized carbons (Fsp3) is 0.190. The van der Waals surface area contributed by atoms with Crippen LogP contribution < -0.4 is 10.6 Å². The van der Waals surface area contributed by atoms with Gasteiger partial charge < -0.3 is 15.4 Å². The molecule has 0 radical (unpaired) electrons. The third-order valence-electron chi connectivity index (χ3n) is 4.09. The van der Waals surface area contributed by atoms with Gasteiger partial charge in [0.25, 0.3) is 0 Å². The highest BCUT2D eigenvalue weighted by atomic mass is 16.5. The fourth-order valence-electron chi connectivity index (χ4n) is 2.73. The SMILES string of the molecule is COC(=O)c1ccccc1Nc1cc(C)nc(NC(C)c2ccccc2)n1. The van der Waals surface area contributed by atoms with E-state index < -0.39 is 5.97 Å². The number of carbonyl (C=O) groups excluding carboxylic acids is 1. The number of rotatable bonds is 6. The van der Waals surface area contributed by atoms with E-state index in [1.807, 2.05) is 43.3 Å². The molecule has 0 bridgehead atoms. The maximum Gasteiger partial charge on any atom is 0.339 e. The van der Waals surface area contributed by atoms with Crippen molar-refractivity contribution in [3.05, 3.63) is 77.5 Å². The Bertz CT molecular complexity index is 928. The summed E-state index contributed by atoms with van der Waals surface area (Å²) in [5, 5.41) is 6.51. The second-order valence-corrected chi connectivity index (χ2v) is 6.16. The van der Waals surface area contributed by atoms with Gasteiger partial charge in [0.2, 0.25) is 5.95 Å². The van der Waals surface area contributed by atoms with Crippen LogP contribution in [0.25, 0.3) is 0 Å². The number of methoxy groups -OCH3 is 1. The van der Waals surface area contributed by atoms with Gasteiger partial charge in [-0.3, -0.25) is 0 Å². The Labute approximate surface area is 158 Å². The Morgan fingerprint density at radius 3 is 2.48 bits per heavy atom. The van der Waals surface area contributed by atoms with Crippen LogP contribution in [0.4, 0.5) is 17.5 Å². The molecule has 6 heteroatoms. The minimum atomic E-state index is -0.403. The first kappa shape index (κ1) is 18.4. The van der Waals surface area contributed by atoms with Crippen LogP contribution in [0, 0.1) is 6.92 Å². The molecule has 0 saturated heterocycles. The average molecular weight is 362 g/mol. The van der Waals surface area contributed by atoms with E-state index in [1.54, 1.807) is 12.1 Å². The molecule has 0 saturated carbocycles. The van der Waals surface area contributed by atoms with E-state index in [1.165, 1.54) is 7.11 Å². The highest BCUT2D eigenvalue weighted by molar-refractivity contribution is 5.96. The number of anilines is 3. The first-order chi connectivity index (χ1) is 13.1. The van der Waals surface area contributed by atoms with E-state index in [0.717, 1.165) is 11.3 Å². The molecule has 1 atom stereocenters. The van der Waals surface area contributed by atoms with Crippen molar-refractivity contribution in [2.75, 3.05) is 17.7 Å². The molecular weight excluding hydrogens is 340 g/mol. The van der Waals surface area contributed by atoms with Crippen molar-refractivity contribution in [1.29, 1.82) is 0 Å². The number of para-hydroxylation sites is 1. The zero-order valence-corrected chi connectivity index (χ0v) is 15.6. The lowest BCUT2D eigenvalue weighted by Gasteiger charge is -2.16. The van der Waals surface area contributed by atoms with Gasteiger partial charge in [-0.05, 0) is 31.5 Å². The van der Waals surface area contributed by atoms with E-state index in [4.69, 9.17) is 4.74 Å². The summed E-state index contributed by atoms with van der Waals surface area (Å²) in [7, 11) is 1.36. The summed E-state index contributed by atoms with van der Waals surface area (Å²) in [6.45, 7) is 3.96. The van der Waals surface area contributed by atoms with E-state index in [9.17, 15) is 4.79 Å². The molecule has 1 unspecified atom stereocenters. The van der Waals surface area contributed by atoms with Crippen molar-refractivity contribution in [2.45, 2.75) is 19.9 Å². The van der Waals surface area contributed by atoms with Gasteiger partial charge in [-0.15, -0.1) is 0 Å². The number of nitrogens with zero attached hydrogens (tertiary/aromatic N) is 2. The van der Waals surface area contributed by atoms with Crippen molar-refractivity contribution in [3.63, 3.8) is 0 Å². The molecular formula is C21H22N4O2. The first-order valence-corrected chi connectivity index (χ1v) is 8.68. The number of hydrogen-bond donors (Lipinski definition) is 2. The number of carbonyl (C=O) groups is 1. The van der Waals surface area contributed by atoms with Gasteiger partial charge in [0.1, 0.15) is 5.82 Å². The lowest BCUT2D eigenvalue weighted by atomic mass is 10.1. The predicted molar refractivity (Wildman–Crippen MR) is 106 cm³/mol. The van der Waals surface area contributed by atoms with Gasteiger partial charge in [-0.2, -0.15) is 4.98 Å². The normalized spacial score (nSPS) is 11.5. The summed E-state index contributed by atoms with van der Waals surface area (Å²) in [6.07, 6.45) is 0. The molecule has 0 spiro atoms. The van der Waals surface area contributed by atoms with Gasteiger partial charge in [0.15, 0.2) is 0 Å². The second kappa shape index (κ2) is 8.31. The topological polar surface area (TPSA) is 76.1 Å². The van der Waals surface area contributed by atoms with Crippen LogP contribution in [0.3, 0.4) is 0 Å². The molecule has 0 amide bonds. The zero-order valence-electron chi connectivity index (χ0n) is 15.6. The third kappa shape index (κ3) is 4.61. The lowest BCUT2D eigenvalue weighted by molar-refractivity contribution is 0.0602. The van der Waals surface area contributed by atoms with Crippen LogP contribution in [0.5, 0.6) is 0 Å². The molecule has 27 heavy (non-hydrogen) atoms. The Balaban J connectivity index is 1.83. The van der Waals surface area contributed by atoms with Crippen LogP contribution in [-0.2, 0) is 4.74 Å². The maximum atomic E-state index is 12.0. The number of esters is 1. The van der Waals surface area contributed by atoms with Crippen LogP contribution in [0.15, 0.2) is 60.7 Å². The van der Waals surface area contributed by atoms with E-state index in [-0.39, 0.29) is 6.04 Å². The minimum absolute atomic E-state index is 0.0585. The first-order valence-electron chi connectivity index (χ1n) is 8.68. The highest BCUT2D eigenvalue weighted by Gasteiger charge is 2.13. The quantitative estimate of drug-likeness (QED) is 0.629. The summed E-state index contributed by atoms with van der Waals surface area (Å²) >= 11 is 0. The third-order valence-corrected chi connectivity index (χ3v) is 4.09. The Kier molecular flexibility index (Phi) is 5.66. The second-order valence-electron chi connectivity index (χ2n) is 6.16. The molecule has 0 aliphatic rings. The summed E-state index contributed by atoms with van der Waals surface area (Å²) < 4.78 is 4.84. The van der Waals surface area contributed by atoms with Crippen LogP contribution in [0.1, 0.15) is 34.6 Å². The smallest absolute Gasteiger partial charge is 0.339 e. The Morgan fingerprint density at radius 2 is 1.74 bits per heavy atom. The van der Waals surface area contributed by atoms with Crippen molar-refractivity contribution in [3.8, 4) is 0 Å². The summed E-state index contributed by atoms with van der Waals surface area (Å²) in [5.41, 5.74) is 3.03. The van der Waals surface area contributed by atoms with E-state index >= 15 is 0 Å². The molecule has 3 aromatic rings. The van der Waals surface area contributed by atoms with Gasteiger partial charge >= 0.3 is 5.97 Å². The molecule has 1 heterocycles. The molecule has 2 aromatic carbocycles. The number of nitrogens with one attached hydrogen (secondary N) is 2. The predicted octanol–water partition coefficient (Wildman–Crippen LogP) is 4.49. The zero-order chi connectivity index (χ0) is 19.2. The van der Waals surface area contributed by atoms with E-state index in [0.29, 0.717) is 23.0 Å². The molecule has 1 aromatic heterocycles. The molecule has 138 valence electrons. The molecule has 3 rings (SSSR count). The van der Waals surface area contributed by atoms with E-state index in [2.05, 4.69) is 39.7 Å². The van der Waals surface area contributed by atoms with Crippen LogP contribution >= 0.6 is 0 Å². The van der Waals surface area contributed by atoms with Gasteiger partial charge in [0.05, 0.1) is 24.4 Å². The molecule has 2 N–H and O–H groups in total. The van der Waals surface area contributed by atoms with Gasteiger partial charge in [0, 0.05) is 11.8 Å². The lowest BCUT2D eigenvalue weighted by Crippen LogP contribution is -2.11. The number of aryl methyl sites for hydroxylation is 1. The van der Waals surface area contributed by atoms with Crippen LogP contribution in [-0.4, -0.2) is 23.0 Å².